The molecule has 0 radical (unpaired) electrons. The predicted molar refractivity (Wildman–Crippen MR) is 69.6 cm³/mol. The first-order chi connectivity index (χ1) is 8.47. The molecule has 0 heterocycles. The Labute approximate surface area is 113 Å². The molecule has 18 heavy (non-hydrogen) atoms. The van der Waals surface area contributed by atoms with Gasteiger partial charge in [0.2, 0.25) is 0 Å². The molecule has 0 aromatic heterocycles. The van der Waals surface area contributed by atoms with Crippen molar-refractivity contribution in [2.24, 2.45) is 5.92 Å². The molecule has 1 aromatic rings. The predicted octanol–water partition coefficient (Wildman–Crippen LogP) is 5.07. The molecule has 0 unspecified atom stereocenters. The molecule has 0 spiro atoms. The van der Waals surface area contributed by atoms with E-state index in [0.717, 1.165) is 36.7 Å². The zero-order valence-corrected chi connectivity index (χ0v) is 11.4. The maximum Gasteiger partial charge on any atom is 0.416 e. The lowest BCUT2D eigenvalue weighted by Gasteiger charge is -2.25. The molecule has 5 heteroatoms. The Hall–Kier alpha value is -0.710. The molecule has 1 nitrogen and oxygen atoms in total. The molecule has 1 aromatic carbocycles. The van der Waals surface area contributed by atoms with Crippen molar-refractivity contribution in [3.05, 3.63) is 28.2 Å². The summed E-state index contributed by atoms with van der Waals surface area (Å²) < 4.78 is 37.9. The number of anilines is 1. The maximum absolute atomic E-state index is 12.5. The molecule has 1 N–H and O–H groups in total. The van der Waals surface area contributed by atoms with E-state index in [4.69, 9.17) is 0 Å². The van der Waals surface area contributed by atoms with Gasteiger partial charge in [-0.05, 0) is 46.5 Å². The second kappa shape index (κ2) is 5.51. The highest BCUT2D eigenvalue weighted by molar-refractivity contribution is 9.10. The van der Waals surface area contributed by atoms with Crippen molar-refractivity contribution in [2.75, 3.05) is 11.9 Å². The minimum atomic E-state index is -4.28. The van der Waals surface area contributed by atoms with Crippen LogP contribution in [-0.4, -0.2) is 6.54 Å². The van der Waals surface area contributed by atoms with Gasteiger partial charge in [-0.15, -0.1) is 0 Å². The number of benzene rings is 1. The van der Waals surface area contributed by atoms with Crippen molar-refractivity contribution in [2.45, 2.75) is 31.9 Å². The molecule has 0 amide bonds. The Morgan fingerprint density at radius 2 is 2.00 bits per heavy atom. The highest BCUT2D eigenvalue weighted by Gasteiger charge is 2.30. The third-order valence-electron chi connectivity index (χ3n) is 3.39. The summed E-state index contributed by atoms with van der Waals surface area (Å²) in [4.78, 5) is 0. The molecular formula is C13H15BrF3N. The normalized spacial score (nSPS) is 16.4. The number of nitrogens with one attached hydrogen (secondary N) is 1. The fourth-order valence-corrected chi connectivity index (χ4v) is 2.55. The van der Waals surface area contributed by atoms with E-state index in [0.29, 0.717) is 4.47 Å². The van der Waals surface area contributed by atoms with E-state index in [2.05, 4.69) is 21.2 Å². The number of hydrogen-bond donors (Lipinski definition) is 1. The largest absolute Gasteiger partial charge is 0.416 e. The summed E-state index contributed by atoms with van der Waals surface area (Å²) >= 11 is 3.18. The van der Waals surface area contributed by atoms with E-state index in [1.807, 2.05) is 0 Å². The minimum absolute atomic E-state index is 0.464. The summed E-state index contributed by atoms with van der Waals surface area (Å²) in [5.74, 6) is 0.797. The van der Waals surface area contributed by atoms with Crippen LogP contribution >= 0.6 is 15.9 Å². The summed E-state index contributed by atoms with van der Waals surface area (Å²) in [5.41, 5.74) is 0.0984. The summed E-state index contributed by atoms with van der Waals surface area (Å²) in [6, 6.07) is 3.70. The SMILES string of the molecule is FC(F)(F)c1ccc(NCCC2CCC2)c(Br)c1. The van der Waals surface area contributed by atoms with Crippen LogP contribution in [0.3, 0.4) is 0 Å². The van der Waals surface area contributed by atoms with E-state index in [1.165, 1.54) is 25.3 Å². The third kappa shape index (κ3) is 3.40. The fourth-order valence-electron chi connectivity index (χ4n) is 2.03. The molecule has 2 rings (SSSR count). The van der Waals surface area contributed by atoms with E-state index >= 15 is 0 Å². The van der Waals surface area contributed by atoms with Gasteiger partial charge in [-0.2, -0.15) is 13.2 Å². The van der Waals surface area contributed by atoms with Crippen LogP contribution in [0.5, 0.6) is 0 Å². The minimum Gasteiger partial charge on any atom is -0.384 e. The molecule has 0 atom stereocenters. The number of hydrogen-bond acceptors (Lipinski definition) is 1. The molecule has 0 aliphatic heterocycles. The van der Waals surface area contributed by atoms with Gasteiger partial charge in [0.1, 0.15) is 0 Å². The highest BCUT2D eigenvalue weighted by atomic mass is 79.9. The Balaban J connectivity index is 1.92. The Kier molecular flexibility index (Phi) is 4.20. The number of alkyl halides is 3. The lowest BCUT2D eigenvalue weighted by atomic mass is 9.83. The fraction of sp³-hybridized carbons (Fsp3) is 0.538. The smallest absolute Gasteiger partial charge is 0.384 e. The van der Waals surface area contributed by atoms with Crippen LogP contribution in [-0.2, 0) is 6.18 Å². The topological polar surface area (TPSA) is 12.0 Å². The zero-order valence-electron chi connectivity index (χ0n) is 9.86. The zero-order chi connectivity index (χ0) is 13.2. The first-order valence-electron chi connectivity index (χ1n) is 6.07. The van der Waals surface area contributed by atoms with Gasteiger partial charge in [-0.25, -0.2) is 0 Å². The quantitative estimate of drug-likeness (QED) is 0.816. The summed E-state index contributed by atoms with van der Waals surface area (Å²) in [6.07, 6.45) is 0.695. The lowest BCUT2D eigenvalue weighted by Crippen LogP contribution is -2.15. The van der Waals surface area contributed by atoms with Crippen LogP contribution < -0.4 is 5.32 Å². The van der Waals surface area contributed by atoms with E-state index in [9.17, 15) is 13.2 Å². The Morgan fingerprint density at radius 3 is 2.50 bits per heavy atom. The van der Waals surface area contributed by atoms with Crippen LogP contribution in [0.2, 0.25) is 0 Å². The van der Waals surface area contributed by atoms with Crippen LogP contribution in [0, 0.1) is 5.92 Å². The number of rotatable bonds is 4. The molecule has 1 saturated carbocycles. The maximum atomic E-state index is 12.5. The average molecular weight is 322 g/mol. The highest BCUT2D eigenvalue weighted by Crippen LogP contribution is 2.34. The van der Waals surface area contributed by atoms with Crippen molar-refractivity contribution >= 4 is 21.6 Å². The molecule has 100 valence electrons. The molecule has 1 aliphatic rings. The molecular weight excluding hydrogens is 307 g/mol. The van der Waals surface area contributed by atoms with Gasteiger partial charge >= 0.3 is 6.18 Å². The third-order valence-corrected chi connectivity index (χ3v) is 4.05. The Morgan fingerprint density at radius 1 is 1.28 bits per heavy atom. The van der Waals surface area contributed by atoms with Gasteiger partial charge in [0.15, 0.2) is 0 Å². The standard InChI is InChI=1S/C13H15BrF3N/c14-11-8-10(13(15,16)17)4-5-12(11)18-7-6-9-2-1-3-9/h4-5,8-9,18H,1-3,6-7H2. The van der Waals surface area contributed by atoms with Crippen LogP contribution in [0.4, 0.5) is 18.9 Å². The van der Waals surface area contributed by atoms with Gasteiger partial charge in [-0.1, -0.05) is 19.3 Å². The van der Waals surface area contributed by atoms with Crippen LogP contribution in [0.15, 0.2) is 22.7 Å². The van der Waals surface area contributed by atoms with E-state index < -0.39 is 11.7 Å². The summed E-state index contributed by atoms with van der Waals surface area (Å²) in [5, 5.41) is 3.18. The van der Waals surface area contributed by atoms with Gasteiger partial charge in [-0.3, -0.25) is 0 Å². The molecule has 0 saturated heterocycles. The Bertz CT molecular complexity index is 413. The molecule has 0 bridgehead atoms. The summed E-state index contributed by atoms with van der Waals surface area (Å²) in [7, 11) is 0. The van der Waals surface area contributed by atoms with Crippen molar-refractivity contribution in [1.29, 1.82) is 0 Å². The van der Waals surface area contributed by atoms with Crippen LogP contribution in [0.25, 0.3) is 0 Å². The van der Waals surface area contributed by atoms with Gasteiger partial charge in [0.25, 0.3) is 0 Å². The van der Waals surface area contributed by atoms with Crippen molar-refractivity contribution in [3.63, 3.8) is 0 Å². The second-order valence-corrected chi connectivity index (χ2v) is 5.56. The van der Waals surface area contributed by atoms with Gasteiger partial charge in [0.05, 0.1) is 5.56 Å². The van der Waals surface area contributed by atoms with E-state index in [1.54, 1.807) is 0 Å². The molecule has 1 fully saturated rings. The number of halogens is 4. The molecule has 1 aliphatic carbocycles. The lowest BCUT2D eigenvalue weighted by molar-refractivity contribution is -0.137. The van der Waals surface area contributed by atoms with Gasteiger partial charge in [0, 0.05) is 16.7 Å². The van der Waals surface area contributed by atoms with Crippen molar-refractivity contribution in [1.82, 2.24) is 0 Å². The van der Waals surface area contributed by atoms with E-state index in [-0.39, 0.29) is 0 Å². The van der Waals surface area contributed by atoms with Crippen LogP contribution in [0.1, 0.15) is 31.2 Å². The van der Waals surface area contributed by atoms with Crippen molar-refractivity contribution < 1.29 is 13.2 Å². The average Bonchev–Trinajstić information content (AvgIpc) is 2.22. The first-order valence-corrected chi connectivity index (χ1v) is 6.87. The van der Waals surface area contributed by atoms with Gasteiger partial charge < -0.3 is 5.32 Å². The van der Waals surface area contributed by atoms with Crippen molar-refractivity contribution in [3.8, 4) is 0 Å². The second-order valence-electron chi connectivity index (χ2n) is 4.70. The first kappa shape index (κ1) is 13.7. The monoisotopic (exact) mass is 321 g/mol. The summed E-state index contributed by atoms with van der Waals surface area (Å²) in [6.45, 7) is 0.814.